The Labute approximate surface area is 216 Å². The summed E-state index contributed by atoms with van der Waals surface area (Å²) in [6.07, 6.45) is -6.02. The summed E-state index contributed by atoms with van der Waals surface area (Å²) in [6, 6.07) is 8.79. The normalized spacial score (nSPS) is 13.9. The van der Waals surface area contributed by atoms with E-state index in [0.29, 0.717) is 22.6 Å². The van der Waals surface area contributed by atoms with Crippen molar-refractivity contribution >= 4 is 39.1 Å². The largest absolute Gasteiger partial charge is 0.433 e. The van der Waals surface area contributed by atoms with Crippen molar-refractivity contribution in [3.8, 4) is 11.1 Å². The summed E-state index contributed by atoms with van der Waals surface area (Å²) in [7, 11) is 0. The van der Waals surface area contributed by atoms with E-state index < -0.39 is 42.3 Å². The number of carbonyl (C=O) groups excluding carboxylic acids is 2. The summed E-state index contributed by atoms with van der Waals surface area (Å²) in [6.45, 7) is 1.38. The first-order chi connectivity index (χ1) is 17.9. The van der Waals surface area contributed by atoms with Crippen LogP contribution in [0.2, 0.25) is 0 Å². The zero-order valence-corrected chi connectivity index (χ0v) is 20.6. The number of halogens is 5. The number of carbonyl (C=O) groups is 2. The predicted molar refractivity (Wildman–Crippen MR) is 131 cm³/mol. The SMILES string of the molecule is Cc1ccc(-c2cc(C(F)(F)F)nc3sc(C(N)=O)c(NC(=O)Cn4nc(C(F)F)cc4C4CC4)c23)cc1. The third-order valence-corrected chi connectivity index (χ3v) is 7.24. The molecule has 0 unspecified atom stereocenters. The third kappa shape index (κ3) is 4.97. The topological polar surface area (TPSA) is 103 Å². The van der Waals surface area contributed by atoms with Gasteiger partial charge >= 0.3 is 6.18 Å². The number of nitrogens with zero attached hydrogens (tertiary/aromatic N) is 3. The summed E-state index contributed by atoms with van der Waals surface area (Å²) in [5.41, 5.74) is 5.68. The molecule has 13 heteroatoms. The molecule has 2 amide bonds. The summed E-state index contributed by atoms with van der Waals surface area (Å²) in [4.78, 5) is 28.7. The van der Waals surface area contributed by atoms with E-state index in [4.69, 9.17) is 5.73 Å². The first-order valence-electron chi connectivity index (χ1n) is 11.5. The molecule has 4 aromatic rings. The van der Waals surface area contributed by atoms with Crippen molar-refractivity contribution in [3.63, 3.8) is 0 Å². The number of thiophene rings is 1. The van der Waals surface area contributed by atoms with Crippen LogP contribution in [0.25, 0.3) is 21.3 Å². The van der Waals surface area contributed by atoms with Crippen LogP contribution in [-0.2, 0) is 17.5 Å². The number of pyridine rings is 1. The fourth-order valence-electron chi connectivity index (χ4n) is 4.21. The molecule has 1 aliphatic rings. The second kappa shape index (κ2) is 9.46. The molecule has 0 aliphatic heterocycles. The van der Waals surface area contributed by atoms with Crippen LogP contribution in [0.15, 0.2) is 36.4 Å². The van der Waals surface area contributed by atoms with Crippen LogP contribution in [0.1, 0.15) is 57.5 Å². The van der Waals surface area contributed by atoms with Gasteiger partial charge in [-0.15, -0.1) is 11.3 Å². The van der Waals surface area contributed by atoms with Crippen LogP contribution in [0.5, 0.6) is 0 Å². The minimum atomic E-state index is -4.77. The van der Waals surface area contributed by atoms with Gasteiger partial charge in [0.15, 0.2) is 0 Å². The highest BCUT2D eigenvalue weighted by molar-refractivity contribution is 7.21. The summed E-state index contributed by atoms with van der Waals surface area (Å²) in [5, 5.41) is 6.54. The molecule has 3 heterocycles. The van der Waals surface area contributed by atoms with Crippen molar-refractivity contribution in [2.24, 2.45) is 5.73 Å². The number of alkyl halides is 5. The van der Waals surface area contributed by atoms with Crippen LogP contribution < -0.4 is 11.1 Å². The molecule has 7 nitrogen and oxygen atoms in total. The average molecular weight is 550 g/mol. The maximum atomic E-state index is 13.7. The highest BCUT2D eigenvalue weighted by atomic mass is 32.1. The standard InChI is InChI=1S/C25H20F5N5O2S/c1-11-2-4-12(5-3-11)14-8-17(25(28,29)30)32-24-19(14)20(21(38-24)23(31)37)33-18(36)10-35-16(13-6-7-13)9-15(34-35)22(26)27/h2-5,8-9,13,22H,6-7,10H2,1H3,(H2,31,37)(H,33,36). The number of rotatable bonds is 7. The number of nitrogens with one attached hydrogen (secondary N) is 1. The maximum absolute atomic E-state index is 13.7. The van der Waals surface area contributed by atoms with Crippen molar-refractivity contribution in [2.75, 3.05) is 5.32 Å². The summed E-state index contributed by atoms with van der Waals surface area (Å²) >= 11 is 0.627. The third-order valence-electron chi connectivity index (χ3n) is 6.15. The maximum Gasteiger partial charge on any atom is 0.433 e. The molecular weight excluding hydrogens is 529 g/mol. The van der Waals surface area contributed by atoms with E-state index >= 15 is 0 Å². The summed E-state index contributed by atoms with van der Waals surface area (Å²) < 4.78 is 68.7. The average Bonchev–Trinajstić information content (AvgIpc) is 3.49. The molecular formula is C25H20F5N5O2S. The van der Waals surface area contributed by atoms with Gasteiger partial charge in [-0.05, 0) is 43.0 Å². The predicted octanol–water partition coefficient (Wildman–Crippen LogP) is 6.04. The molecule has 1 fully saturated rings. The highest BCUT2D eigenvalue weighted by Gasteiger charge is 2.35. The number of hydrogen-bond acceptors (Lipinski definition) is 5. The van der Waals surface area contributed by atoms with Crippen molar-refractivity contribution in [1.82, 2.24) is 14.8 Å². The molecule has 1 saturated carbocycles. The van der Waals surface area contributed by atoms with Crippen molar-refractivity contribution in [1.29, 1.82) is 0 Å². The van der Waals surface area contributed by atoms with Gasteiger partial charge < -0.3 is 11.1 Å². The Kier molecular flexibility index (Phi) is 6.41. The molecule has 0 bridgehead atoms. The first kappa shape index (κ1) is 25.8. The molecule has 1 aliphatic carbocycles. The Bertz CT molecular complexity index is 1560. The minimum Gasteiger partial charge on any atom is -0.365 e. The smallest absolute Gasteiger partial charge is 0.365 e. The van der Waals surface area contributed by atoms with Gasteiger partial charge in [-0.1, -0.05) is 29.8 Å². The zero-order chi connectivity index (χ0) is 27.4. The molecule has 1 aromatic carbocycles. The van der Waals surface area contributed by atoms with E-state index in [2.05, 4.69) is 15.4 Å². The number of amides is 2. The van der Waals surface area contributed by atoms with Gasteiger partial charge in [0.05, 0.1) is 5.69 Å². The van der Waals surface area contributed by atoms with Gasteiger partial charge in [0.2, 0.25) is 5.91 Å². The first-order valence-corrected chi connectivity index (χ1v) is 12.3. The monoisotopic (exact) mass is 549 g/mol. The Morgan fingerprint density at radius 1 is 1.18 bits per heavy atom. The molecule has 38 heavy (non-hydrogen) atoms. The van der Waals surface area contributed by atoms with Crippen LogP contribution in [0, 0.1) is 6.92 Å². The number of aromatic nitrogens is 3. The van der Waals surface area contributed by atoms with E-state index in [1.54, 1.807) is 24.3 Å². The number of benzene rings is 1. The Hall–Kier alpha value is -3.87. The van der Waals surface area contributed by atoms with Crippen molar-refractivity contribution in [3.05, 3.63) is 63.9 Å². The van der Waals surface area contributed by atoms with Gasteiger partial charge in [0.25, 0.3) is 12.3 Å². The molecule has 198 valence electrons. The molecule has 0 spiro atoms. The van der Waals surface area contributed by atoms with E-state index in [1.165, 1.54) is 10.7 Å². The second-order valence-corrected chi connectivity index (χ2v) is 10.0. The number of fused-ring (bicyclic) bond motifs is 1. The molecule has 0 atom stereocenters. The Morgan fingerprint density at radius 3 is 2.45 bits per heavy atom. The lowest BCUT2D eigenvalue weighted by atomic mass is 10.00. The Balaban J connectivity index is 1.61. The van der Waals surface area contributed by atoms with Crippen LogP contribution >= 0.6 is 11.3 Å². The number of aryl methyl sites for hydroxylation is 1. The lowest BCUT2D eigenvalue weighted by molar-refractivity contribution is -0.140. The molecule has 5 rings (SSSR count). The zero-order valence-electron chi connectivity index (χ0n) is 19.8. The summed E-state index contributed by atoms with van der Waals surface area (Å²) in [5.74, 6) is -1.67. The lowest BCUT2D eigenvalue weighted by Crippen LogP contribution is -2.22. The van der Waals surface area contributed by atoms with Gasteiger partial charge in [0, 0.05) is 17.0 Å². The van der Waals surface area contributed by atoms with E-state index in [1.807, 2.05) is 6.92 Å². The number of anilines is 1. The molecule has 3 N–H and O–H groups in total. The number of nitrogens with two attached hydrogens (primary N) is 1. The van der Waals surface area contributed by atoms with Gasteiger partial charge in [-0.2, -0.15) is 18.3 Å². The van der Waals surface area contributed by atoms with Gasteiger partial charge in [-0.3, -0.25) is 14.3 Å². The Morgan fingerprint density at radius 2 is 1.87 bits per heavy atom. The fourth-order valence-corrected chi connectivity index (χ4v) is 5.21. The van der Waals surface area contributed by atoms with Crippen molar-refractivity contribution < 1.29 is 31.5 Å². The quantitative estimate of drug-likeness (QED) is 0.275. The van der Waals surface area contributed by atoms with E-state index in [0.717, 1.165) is 24.5 Å². The van der Waals surface area contributed by atoms with Crippen molar-refractivity contribution in [2.45, 2.75) is 44.8 Å². The molecule has 0 saturated heterocycles. The number of primary amides is 1. The van der Waals surface area contributed by atoms with Gasteiger partial charge in [0.1, 0.15) is 27.6 Å². The second-order valence-electron chi connectivity index (χ2n) is 9.04. The van der Waals surface area contributed by atoms with Crippen LogP contribution in [-0.4, -0.2) is 26.6 Å². The van der Waals surface area contributed by atoms with Crippen LogP contribution in [0.4, 0.5) is 27.6 Å². The fraction of sp³-hybridized carbons (Fsp3) is 0.280. The molecule has 0 radical (unpaired) electrons. The van der Waals surface area contributed by atoms with E-state index in [-0.39, 0.29) is 32.3 Å². The number of hydrogen-bond donors (Lipinski definition) is 2. The lowest BCUT2D eigenvalue weighted by Gasteiger charge is -2.13. The van der Waals surface area contributed by atoms with E-state index in [9.17, 15) is 31.5 Å². The highest BCUT2D eigenvalue weighted by Crippen LogP contribution is 2.44. The van der Waals surface area contributed by atoms with Gasteiger partial charge in [-0.25, -0.2) is 13.8 Å². The molecule has 3 aromatic heterocycles. The van der Waals surface area contributed by atoms with Crippen LogP contribution in [0.3, 0.4) is 0 Å². The minimum absolute atomic E-state index is 0.0177.